The Morgan fingerprint density at radius 1 is 1.33 bits per heavy atom. The minimum absolute atomic E-state index is 0.490. The third-order valence-corrected chi connectivity index (χ3v) is 4.46. The van der Waals surface area contributed by atoms with Crippen molar-refractivity contribution < 1.29 is 4.74 Å². The van der Waals surface area contributed by atoms with Crippen LogP contribution in [0.15, 0.2) is 18.2 Å². The molecule has 0 amide bonds. The molecule has 1 aromatic heterocycles. The zero-order valence-electron chi connectivity index (χ0n) is 12.6. The molecule has 1 unspecified atom stereocenters. The monoisotopic (exact) mass is 305 g/mol. The summed E-state index contributed by atoms with van der Waals surface area (Å²) in [6.07, 6.45) is 2.37. The molecule has 1 aromatic carbocycles. The molecule has 0 aliphatic carbocycles. The molecule has 0 saturated carbocycles. The molecular formula is C16H20ClN3O. The van der Waals surface area contributed by atoms with E-state index in [1.807, 2.05) is 18.2 Å². The first-order valence-corrected chi connectivity index (χ1v) is 7.76. The molecule has 4 nitrogen and oxygen atoms in total. The van der Waals surface area contributed by atoms with Gasteiger partial charge in [0.25, 0.3) is 0 Å². The van der Waals surface area contributed by atoms with Crippen molar-refractivity contribution in [2.75, 3.05) is 18.6 Å². The highest BCUT2D eigenvalue weighted by Gasteiger charge is 2.29. The molecule has 1 fully saturated rings. The third kappa shape index (κ3) is 2.64. The van der Waals surface area contributed by atoms with Crippen LogP contribution in [-0.4, -0.2) is 29.7 Å². The maximum Gasteiger partial charge on any atom is 0.227 e. The number of hydrogen-bond acceptors (Lipinski definition) is 4. The smallest absolute Gasteiger partial charge is 0.227 e. The molecule has 112 valence electrons. The number of nitrogens with zero attached hydrogens (tertiary/aromatic N) is 3. The summed E-state index contributed by atoms with van der Waals surface area (Å²) in [6, 6.07) is 6.19. The Morgan fingerprint density at radius 3 is 2.86 bits per heavy atom. The van der Waals surface area contributed by atoms with Gasteiger partial charge in [0.1, 0.15) is 10.9 Å². The number of rotatable bonds is 3. The highest BCUT2D eigenvalue weighted by molar-refractivity contribution is 6.34. The van der Waals surface area contributed by atoms with Gasteiger partial charge in [0.2, 0.25) is 5.95 Å². The summed E-state index contributed by atoms with van der Waals surface area (Å²) in [6.45, 7) is 5.48. The van der Waals surface area contributed by atoms with Crippen molar-refractivity contribution in [3.8, 4) is 5.75 Å². The first-order chi connectivity index (χ1) is 10.1. The Labute approximate surface area is 130 Å². The normalized spacial score (nSPS) is 18.7. The number of anilines is 1. The summed E-state index contributed by atoms with van der Waals surface area (Å²) in [5.41, 5.74) is 0.832. The molecule has 0 N–H and O–H groups in total. The van der Waals surface area contributed by atoms with Crippen LogP contribution in [0.25, 0.3) is 10.9 Å². The van der Waals surface area contributed by atoms with E-state index in [0.29, 0.717) is 17.1 Å². The lowest BCUT2D eigenvalue weighted by Crippen LogP contribution is -2.34. The zero-order chi connectivity index (χ0) is 15.0. The van der Waals surface area contributed by atoms with Gasteiger partial charge in [-0.15, -0.1) is 0 Å². The van der Waals surface area contributed by atoms with E-state index < -0.39 is 0 Å². The van der Waals surface area contributed by atoms with Gasteiger partial charge in [-0.3, -0.25) is 0 Å². The first-order valence-electron chi connectivity index (χ1n) is 7.38. The number of hydrogen-bond donors (Lipinski definition) is 0. The lowest BCUT2D eigenvalue weighted by molar-refractivity contribution is 0.415. The van der Waals surface area contributed by atoms with Crippen molar-refractivity contribution in [2.45, 2.75) is 32.7 Å². The molecular weight excluding hydrogens is 286 g/mol. The van der Waals surface area contributed by atoms with Crippen LogP contribution in [-0.2, 0) is 0 Å². The van der Waals surface area contributed by atoms with Crippen LogP contribution in [0.5, 0.6) is 5.75 Å². The number of ether oxygens (including phenoxy) is 1. The van der Waals surface area contributed by atoms with Gasteiger partial charge < -0.3 is 9.64 Å². The van der Waals surface area contributed by atoms with E-state index in [1.54, 1.807) is 7.11 Å². The van der Waals surface area contributed by atoms with Crippen molar-refractivity contribution in [3.63, 3.8) is 0 Å². The van der Waals surface area contributed by atoms with Crippen molar-refractivity contribution in [3.05, 3.63) is 23.4 Å². The molecule has 21 heavy (non-hydrogen) atoms. The fraction of sp³-hybridized carbons (Fsp3) is 0.500. The Balaban J connectivity index is 2.06. The van der Waals surface area contributed by atoms with E-state index in [-0.39, 0.29) is 0 Å². The number of benzene rings is 1. The fourth-order valence-corrected chi connectivity index (χ4v) is 3.28. The molecule has 2 aromatic rings. The lowest BCUT2D eigenvalue weighted by atomic mass is 10.0. The standard InChI is InChI=1S/C16H20ClN3O/c1-10(2)14-5-4-8-20(14)16-18-13-9-11(21-3)6-7-12(13)15(17)19-16/h6-7,9-10,14H,4-5,8H2,1-3H3. The van der Waals surface area contributed by atoms with Gasteiger partial charge in [0.05, 0.1) is 12.6 Å². The van der Waals surface area contributed by atoms with E-state index in [2.05, 4.69) is 23.7 Å². The van der Waals surface area contributed by atoms with E-state index >= 15 is 0 Å². The third-order valence-electron chi connectivity index (χ3n) is 4.17. The summed E-state index contributed by atoms with van der Waals surface area (Å²) in [7, 11) is 1.65. The Hall–Kier alpha value is -1.55. The van der Waals surface area contributed by atoms with Gasteiger partial charge in [-0.2, -0.15) is 0 Å². The quantitative estimate of drug-likeness (QED) is 0.806. The summed E-state index contributed by atoms with van der Waals surface area (Å²) in [5, 5.41) is 1.37. The Morgan fingerprint density at radius 2 is 2.14 bits per heavy atom. The maximum atomic E-state index is 6.34. The second kappa shape index (κ2) is 5.68. The molecule has 1 aliphatic heterocycles. The number of aromatic nitrogens is 2. The molecule has 0 bridgehead atoms. The highest BCUT2D eigenvalue weighted by Crippen LogP contribution is 2.31. The van der Waals surface area contributed by atoms with Crippen LogP contribution in [0, 0.1) is 5.92 Å². The van der Waals surface area contributed by atoms with Crippen LogP contribution in [0.4, 0.5) is 5.95 Å². The second-order valence-corrected chi connectivity index (χ2v) is 6.20. The molecule has 3 rings (SSSR count). The number of fused-ring (bicyclic) bond motifs is 1. The highest BCUT2D eigenvalue weighted by atomic mass is 35.5. The van der Waals surface area contributed by atoms with Gasteiger partial charge >= 0.3 is 0 Å². The number of halogens is 1. The average Bonchev–Trinajstić information content (AvgIpc) is 2.96. The molecule has 0 radical (unpaired) electrons. The molecule has 2 heterocycles. The average molecular weight is 306 g/mol. The van der Waals surface area contributed by atoms with Gasteiger partial charge in [0, 0.05) is 24.0 Å². The number of methoxy groups -OCH3 is 1. The minimum Gasteiger partial charge on any atom is -0.497 e. The van der Waals surface area contributed by atoms with Gasteiger partial charge in [-0.25, -0.2) is 9.97 Å². The predicted octanol–water partition coefficient (Wildman–Crippen LogP) is 3.92. The SMILES string of the molecule is COc1ccc2c(Cl)nc(N3CCCC3C(C)C)nc2c1. The van der Waals surface area contributed by atoms with E-state index in [0.717, 1.165) is 29.1 Å². The van der Waals surface area contributed by atoms with E-state index in [4.69, 9.17) is 21.3 Å². The predicted molar refractivity (Wildman–Crippen MR) is 86.3 cm³/mol. The van der Waals surface area contributed by atoms with Crippen LogP contribution in [0.3, 0.4) is 0 Å². The molecule has 0 spiro atoms. The largest absolute Gasteiger partial charge is 0.497 e. The van der Waals surface area contributed by atoms with Crippen molar-refractivity contribution in [1.29, 1.82) is 0 Å². The molecule has 5 heteroatoms. The molecule has 1 saturated heterocycles. The van der Waals surface area contributed by atoms with Crippen LogP contribution < -0.4 is 9.64 Å². The van der Waals surface area contributed by atoms with E-state index in [9.17, 15) is 0 Å². The van der Waals surface area contributed by atoms with Gasteiger partial charge in [-0.05, 0) is 30.9 Å². The summed E-state index contributed by atoms with van der Waals surface area (Å²) in [4.78, 5) is 11.5. The summed E-state index contributed by atoms with van der Waals surface area (Å²) in [5.74, 6) is 2.10. The fourth-order valence-electron chi connectivity index (χ4n) is 3.05. The molecule has 1 aliphatic rings. The lowest BCUT2D eigenvalue weighted by Gasteiger charge is -2.27. The first kappa shape index (κ1) is 14.4. The van der Waals surface area contributed by atoms with Crippen LogP contribution >= 0.6 is 11.6 Å². The summed E-state index contributed by atoms with van der Waals surface area (Å²) < 4.78 is 5.27. The van der Waals surface area contributed by atoms with Crippen LogP contribution in [0.2, 0.25) is 5.15 Å². The van der Waals surface area contributed by atoms with Crippen LogP contribution in [0.1, 0.15) is 26.7 Å². The Kier molecular flexibility index (Phi) is 3.89. The summed E-state index contributed by atoms with van der Waals surface area (Å²) >= 11 is 6.34. The molecule has 1 atom stereocenters. The van der Waals surface area contributed by atoms with Gasteiger partial charge in [0.15, 0.2) is 0 Å². The van der Waals surface area contributed by atoms with Crippen molar-refractivity contribution >= 4 is 28.5 Å². The van der Waals surface area contributed by atoms with Crippen molar-refractivity contribution in [1.82, 2.24) is 9.97 Å². The van der Waals surface area contributed by atoms with E-state index in [1.165, 1.54) is 12.8 Å². The topological polar surface area (TPSA) is 38.2 Å². The maximum absolute atomic E-state index is 6.34. The minimum atomic E-state index is 0.490. The van der Waals surface area contributed by atoms with Crippen molar-refractivity contribution in [2.24, 2.45) is 5.92 Å². The zero-order valence-corrected chi connectivity index (χ0v) is 13.4. The van der Waals surface area contributed by atoms with Gasteiger partial charge in [-0.1, -0.05) is 25.4 Å². The Bertz CT molecular complexity index is 659. The second-order valence-electron chi connectivity index (χ2n) is 5.84.